The minimum Gasteiger partial charge on any atom is -0.308 e. The maximum atomic E-state index is 2.48. The molecule has 2 rings (SSSR count). The van der Waals surface area contributed by atoms with Gasteiger partial charge >= 0.3 is 0 Å². The number of nitrogens with zero attached hydrogens (tertiary/aromatic N) is 2. The third-order valence-corrected chi connectivity index (χ3v) is 3.49. The van der Waals surface area contributed by atoms with Crippen LogP contribution in [0, 0.1) is 0 Å². The molecule has 1 unspecified atom stereocenters. The molecule has 2 aliphatic heterocycles. The Labute approximate surface area is 69.4 Å². The van der Waals surface area contributed by atoms with Crippen molar-refractivity contribution in [3.8, 4) is 0 Å². The van der Waals surface area contributed by atoms with Crippen molar-refractivity contribution in [2.24, 2.45) is 0 Å². The smallest absolute Gasteiger partial charge is 0.135 e. The van der Waals surface area contributed by atoms with Gasteiger partial charge in [-0.25, -0.2) is 0 Å². The Balaban J connectivity index is 2.12. The van der Waals surface area contributed by atoms with E-state index in [9.17, 15) is 0 Å². The van der Waals surface area contributed by atoms with Crippen molar-refractivity contribution in [2.75, 3.05) is 33.4 Å². The molecule has 2 fully saturated rings. The van der Waals surface area contributed by atoms with Gasteiger partial charge in [0.05, 0.1) is 19.6 Å². The van der Waals surface area contributed by atoms with E-state index in [1.807, 2.05) is 0 Å². The molecule has 0 aromatic carbocycles. The summed E-state index contributed by atoms with van der Waals surface area (Å²) in [6.07, 6.45) is 2.91. The highest BCUT2D eigenvalue weighted by Gasteiger charge is 2.43. The third kappa shape index (κ3) is 1.09. The van der Waals surface area contributed by atoms with Crippen molar-refractivity contribution in [1.82, 2.24) is 4.90 Å². The molecule has 0 saturated carbocycles. The fraction of sp³-hybridized carbons (Fsp3) is 1.00. The molecule has 1 atom stereocenters. The Morgan fingerprint density at radius 2 is 1.91 bits per heavy atom. The monoisotopic (exact) mass is 155 g/mol. The van der Waals surface area contributed by atoms with Gasteiger partial charge < -0.3 is 4.48 Å². The van der Waals surface area contributed by atoms with E-state index >= 15 is 0 Å². The van der Waals surface area contributed by atoms with Gasteiger partial charge in [-0.15, -0.1) is 0 Å². The number of hydrogen-bond donors (Lipinski definition) is 0. The van der Waals surface area contributed by atoms with Gasteiger partial charge in [0.15, 0.2) is 0 Å². The Kier molecular flexibility index (Phi) is 1.69. The van der Waals surface area contributed by atoms with Crippen LogP contribution in [0.4, 0.5) is 0 Å². The summed E-state index contributed by atoms with van der Waals surface area (Å²) in [4.78, 5) is 2.48. The molecule has 2 aliphatic rings. The minimum absolute atomic E-state index is 0.891. The summed E-state index contributed by atoms with van der Waals surface area (Å²) < 4.78 is 1.40. The molecule has 0 aliphatic carbocycles. The average molecular weight is 155 g/mol. The highest BCUT2D eigenvalue weighted by molar-refractivity contribution is 4.69. The van der Waals surface area contributed by atoms with Gasteiger partial charge in [0, 0.05) is 12.8 Å². The minimum atomic E-state index is 0.891. The number of likely N-dealkylation sites (N-methyl/N-ethyl adjacent to an activating group) is 1. The number of rotatable bonds is 0. The molecule has 64 valence electrons. The predicted molar refractivity (Wildman–Crippen MR) is 46.2 cm³/mol. The van der Waals surface area contributed by atoms with Gasteiger partial charge in [0.25, 0.3) is 0 Å². The van der Waals surface area contributed by atoms with E-state index in [1.165, 1.54) is 43.6 Å². The fourth-order valence-corrected chi connectivity index (χ4v) is 2.85. The van der Waals surface area contributed by atoms with Crippen molar-refractivity contribution in [1.29, 1.82) is 0 Å². The van der Waals surface area contributed by atoms with Crippen molar-refractivity contribution in [2.45, 2.75) is 25.8 Å². The average Bonchev–Trinajstić information content (AvgIpc) is 2.45. The molecule has 1 spiro atoms. The van der Waals surface area contributed by atoms with Crippen LogP contribution in [-0.4, -0.2) is 48.8 Å². The molecule has 2 heteroatoms. The molecule has 0 radical (unpaired) electrons. The highest BCUT2D eigenvalue weighted by atomic mass is 15.5. The lowest BCUT2D eigenvalue weighted by atomic mass is 10.3. The second-order valence-electron chi connectivity index (χ2n) is 4.40. The van der Waals surface area contributed by atoms with E-state index in [4.69, 9.17) is 0 Å². The van der Waals surface area contributed by atoms with E-state index in [0.29, 0.717) is 0 Å². The lowest BCUT2D eigenvalue weighted by molar-refractivity contribution is -0.929. The van der Waals surface area contributed by atoms with Gasteiger partial charge in [-0.05, 0) is 14.0 Å². The zero-order valence-corrected chi connectivity index (χ0v) is 7.71. The van der Waals surface area contributed by atoms with Crippen molar-refractivity contribution in [3.63, 3.8) is 0 Å². The third-order valence-electron chi connectivity index (χ3n) is 3.49. The summed E-state index contributed by atoms with van der Waals surface area (Å²) in [5, 5.41) is 0. The normalized spacial score (nSPS) is 37.1. The van der Waals surface area contributed by atoms with Crippen molar-refractivity contribution >= 4 is 0 Å². The van der Waals surface area contributed by atoms with Crippen LogP contribution < -0.4 is 0 Å². The molecule has 11 heavy (non-hydrogen) atoms. The molecule has 2 heterocycles. The summed E-state index contributed by atoms with van der Waals surface area (Å²) >= 11 is 0. The quantitative estimate of drug-likeness (QED) is 0.470. The zero-order chi connectivity index (χ0) is 7.90. The molecular formula is C9H19N2+. The SMILES string of the molecule is CC1CN(C)C[N+]12CCCC2. The van der Waals surface area contributed by atoms with Gasteiger partial charge in [-0.1, -0.05) is 0 Å². The first-order valence-corrected chi connectivity index (χ1v) is 4.77. The summed E-state index contributed by atoms with van der Waals surface area (Å²) in [5.74, 6) is 0. The topological polar surface area (TPSA) is 3.24 Å². The van der Waals surface area contributed by atoms with Crippen LogP contribution in [0.1, 0.15) is 19.8 Å². The van der Waals surface area contributed by atoms with Crippen LogP contribution in [0.2, 0.25) is 0 Å². The van der Waals surface area contributed by atoms with Crippen LogP contribution in [0.5, 0.6) is 0 Å². The zero-order valence-electron chi connectivity index (χ0n) is 7.71. The van der Waals surface area contributed by atoms with Crippen LogP contribution in [-0.2, 0) is 0 Å². The van der Waals surface area contributed by atoms with Gasteiger partial charge in [0.2, 0.25) is 0 Å². The summed E-state index contributed by atoms with van der Waals surface area (Å²) in [5.41, 5.74) is 0. The van der Waals surface area contributed by atoms with Gasteiger partial charge in [-0.3, -0.25) is 4.90 Å². The molecule has 0 amide bonds. The molecule has 0 bridgehead atoms. The first kappa shape index (κ1) is 7.56. The number of hydrogen-bond acceptors (Lipinski definition) is 1. The summed E-state index contributed by atoms with van der Waals surface area (Å²) in [6, 6.07) is 0.891. The molecule has 2 saturated heterocycles. The van der Waals surface area contributed by atoms with Gasteiger partial charge in [0.1, 0.15) is 12.7 Å². The first-order chi connectivity index (χ1) is 5.23. The molecule has 2 nitrogen and oxygen atoms in total. The standard InChI is InChI=1S/C9H19N2/c1-9-7-10(2)8-11(9)5-3-4-6-11/h9H,3-8H2,1-2H3/q+1. The Bertz CT molecular complexity index is 150. The lowest BCUT2D eigenvalue weighted by Crippen LogP contribution is -2.48. The Morgan fingerprint density at radius 1 is 1.27 bits per heavy atom. The molecule has 0 N–H and O–H groups in total. The van der Waals surface area contributed by atoms with E-state index in [0.717, 1.165) is 6.04 Å². The molecule has 0 aromatic rings. The van der Waals surface area contributed by atoms with Crippen LogP contribution in [0.3, 0.4) is 0 Å². The van der Waals surface area contributed by atoms with E-state index in [-0.39, 0.29) is 0 Å². The summed E-state index contributed by atoms with van der Waals surface area (Å²) in [7, 11) is 2.25. The van der Waals surface area contributed by atoms with E-state index in [2.05, 4.69) is 18.9 Å². The Hall–Kier alpha value is -0.0800. The van der Waals surface area contributed by atoms with E-state index in [1.54, 1.807) is 0 Å². The second-order valence-corrected chi connectivity index (χ2v) is 4.40. The maximum absolute atomic E-state index is 2.48. The first-order valence-electron chi connectivity index (χ1n) is 4.77. The Morgan fingerprint density at radius 3 is 2.36 bits per heavy atom. The van der Waals surface area contributed by atoms with E-state index < -0.39 is 0 Å². The fourth-order valence-electron chi connectivity index (χ4n) is 2.85. The summed E-state index contributed by atoms with van der Waals surface area (Å²) in [6.45, 7) is 7.90. The van der Waals surface area contributed by atoms with Crippen molar-refractivity contribution in [3.05, 3.63) is 0 Å². The van der Waals surface area contributed by atoms with Crippen molar-refractivity contribution < 1.29 is 4.48 Å². The number of quaternary nitrogens is 1. The molecular weight excluding hydrogens is 136 g/mol. The molecule has 0 aromatic heterocycles. The lowest BCUT2D eigenvalue weighted by Gasteiger charge is -2.33. The van der Waals surface area contributed by atoms with Crippen LogP contribution >= 0.6 is 0 Å². The second kappa shape index (κ2) is 2.46. The van der Waals surface area contributed by atoms with Gasteiger partial charge in [-0.2, -0.15) is 0 Å². The maximum Gasteiger partial charge on any atom is 0.135 e. The van der Waals surface area contributed by atoms with Crippen LogP contribution in [0.15, 0.2) is 0 Å². The largest absolute Gasteiger partial charge is 0.308 e. The predicted octanol–water partition coefficient (Wildman–Crippen LogP) is 0.888. The van der Waals surface area contributed by atoms with Crippen LogP contribution in [0.25, 0.3) is 0 Å². The highest BCUT2D eigenvalue weighted by Crippen LogP contribution is 2.28.